The molecule has 0 saturated carbocycles. The first-order chi connectivity index (χ1) is 8.76. The molecular formula is C14H23N3O. The highest BCUT2D eigenvalue weighted by Gasteiger charge is 2.38. The van der Waals surface area contributed by atoms with Crippen molar-refractivity contribution in [1.29, 1.82) is 0 Å². The molecule has 2 bridgehead atoms. The fourth-order valence-corrected chi connectivity index (χ4v) is 3.40. The summed E-state index contributed by atoms with van der Waals surface area (Å²) >= 11 is 0. The quantitative estimate of drug-likeness (QED) is 0.885. The molecule has 1 N–H and O–H groups in total. The molecule has 2 aliphatic rings. The summed E-state index contributed by atoms with van der Waals surface area (Å²) in [5.41, 5.74) is 0. The smallest absolute Gasteiger partial charge is 0.208 e. The Labute approximate surface area is 109 Å². The number of hydrogen-bond donors (Lipinski definition) is 1. The largest absolute Gasteiger partial charge is 0.444 e. The molecule has 0 amide bonds. The van der Waals surface area contributed by atoms with Gasteiger partial charge in [0, 0.05) is 24.5 Å². The molecule has 4 nitrogen and oxygen atoms in total. The molecule has 3 rings (SSSR count). The van der Waals surface area contributed by atoms with Gasteiger partial charge in [0.25, 0.3) is 0 Å². The van der Waals surface area contributed by atoms with Gasteiger partial charge in [0.1, 0.15) is 5.76 Å². The molecule has 1 aromatic rings. The second-order valence-corrected chi connectivity index (χ2v) is 5.67. The third-order valence-corrected chi connectivity index (χ3v) is 4.59. The van der Waals surface area contributed by atoms with E-state index >= 15 is 0 Å². The Bertz CT molecular complexity index is 389. The van der Waals surface area contributed by atoms with Gasteiger partial charge >= 0.3 is 0 Å². The number of piperidine rings is 1. The van der Waals surface area contributed by atoms with Gasteiger partial charge in [-0.2, -0.15) is 0 Å². The lowest BCUT2D eigenvalue weighted by molar-refractivity contribution is 0.147. The van der Waals surface area contributed by atoms with Gasteiger partial charge in [-0.1, -0.05) is 6.92 Å². The van der Waals surface area contributed by atoms with Crippen molar-refractivity contribution >= 4 is 0 Å². The van der Waals surface area contributed by atoms with Crippen LogP contribution in [-0.2, 0) is 13.0 Å². The van der Waals surface area contributed by atoms with Crippen molar-refractivity contribution < 1.29 is 4.42 Å². The van der Waals surface area contributed by atoms with Crippen LogP contribution >= 0.6 is 0 Å². The Kier molecular flexibility index (Phi) is 3.39. The Morgan fingerprint density at radius 1 is 1.39 bits per heavy atom. The number of aryl methyl sites for hydroxylation is 1. The standard InChI is InChI=1S/C14H23N3O/c1-3-13-8-16-14(18-13)9-15-10-6-11-4-5-12(7-10)17(11)2/h8,10-12,15H,3-7,9H2,1-2H3. The number of rotatable bonds is 4. The average molecular weight is 249 g/mol. The third kappa shape index (κ3) is 2.31. The lowest BCUT2D eigenvalue weighted by atomic mass is 9.98. The summed E-state index contributed by atoms with van der Waals surface area (Å²) in [6, 6.07) is 2.21. The van der Waals surface area contributed by atoms with Crippen molar-refractivity contribution in [3.8, 4) is 0 Å². The molecule has 3 heterocycles. The lowest BCUT2D eigenvalue weighted by Crippen LogP contribution is -2.47. The van der Waals surface area contributed by atoms with Crippen LogP contribution in [0.25, 0.3) is 0 Å². The molecule has 0 radical (unpaired) electrons. The number of nitrogens with zero attached hydrogens (tertiary/aromatic N) is 2. The monoisotopic (exact) mass is 249 g/mol. The van der Waals surface area contributed by atoms with E-state index in [-0.39, 0.29) is 0 Å². The second kappa shape index (κ2) is 5.02. The van der Waals surface area contributed by atoms with Crippen molar-refractivity contribution in [2.24, 2.45) is 0 Å². The van der Waals surface area contributed by atoms with Crippen LogP contribution in [0, 0.1) is 0 Å². The van der Waals surface area contributed by atoms with Gasteiger partial charge in [-0.15, -0.1) is 0 Å². The van der Waals surface area contributed by atoms with Crippen LogP contribution in [-0.4, -0.2) is 35.1 Å². The van der Waals surface area contributed by atoms with Crippen molar-refractivity contribution in [3.05, 3.63) is 17.8 Å². The molecule has 18 heavy (non-hydrogen) atoms. The maximum atomic E-state index is 5.63. The molecule has 4 heteroatoms. The highest BCUT2D eigenvalue weighted by atomic mass is 16.4. The summed E-state index contributed by atoms with van der Waals surface area (Å²) in [4.78, 5) is 6.87. The van der Waals surface area contributed by atoms with E-state index < -0.39 is 0 Å². The Morgan fingerprint density at radius 2 is 2.11 bits per heavy atom. The fourth-order valence-electron chi connectivity index (χ4n) is 3.40. The fraction of sp³-hybridized carbons (Fsp3) is 0.786. The first-order valence-corrected chi connectivity index (χ1v) is 7.15. The first kappa shape index (κ1) is 12.2. The van der Waals surface area contributed by atoms with Crippen LogP contribution in [0.3, 0.4) is 0 Å². The maximum Gasteiger partial charge on any atom is 0.208 e. The molecule has 0 spiro atoms. The number of hydrogen-bond acceptors (Lipinski definition) is 4. The highest BCUT2D eigenvalue weighted by molar-refractivity contribution is 4.97. The number of fused-ring (bicyclic) bond motifs is 2. The average Bonchev–Trinajstić information content (AvgIpc) is 2.90. The minimum atomic E-state index is 0.635. The van der Waals surface area contributed by atoms with Gasteiger partial charge in [-0.05, 0) is 32.7 Å². The summed E-state index contributed by atoms with van der Waals surface area (Å²) < 4.78 is 5.63. The Balaban J connectivity index is 1.52. The van der Waals surface area contributed by atoms with E-state index in [0.29, 0.717) is 6.04 Å². The predicted molar refractivity (Wildman–Crippen MR) is 70.3 cm³/mol. The lowest BCUT2D eigenvalue weighted by Gasteiger charge is -2.36. The zero-order valence-electron chi connectivity index (χ0n) is 11.4. The maximum absolute atomic E-state index is 5.63. The van der Waals surface area contributed by atoms with E-state index in [1.165, 1.54) is 25.7 Å². The molecule has 2 saturated heterocycles. The van der Waals surface area contributed by atoms with Crippen molar-refractivity contribution in [2.45, 2.75) is 63.7 Å². The SMILES string of the molecule is CCc1cnc(CNC2CC3CCC(C2)N3C)o1. The number of nitrogens with one attached hydrogen (secondary N) is 1. The van der Waals surface area contributed by atoms with Gasteiger partial charge in [0.2, 0.25) is 5.89 Å². The molecular weight excluding hydrogens is 226 g/mol. The van der Waals surface area contributed by atoms with E-state index in [4.69, 9.17) is 4.42 Å². The van der Waals surface area contributed by atoms with Gasteiger partial charge in [-0.25, -0.2) is 4.98 Å². The zero-order valence-corrected chi connectivity index (χ0v) is 11.4. The molecule has 0 aliphatic carbocycles. The normalized spacial score (nSPS) is 32.0. The van der Waals surface area contributed by atoms with Crippen molar-refractivity contribution in [2.75, 3.05) is 7.05 Å². The van der Waals surface area contributed by atoms with Crippen LogP contribution in [0.2, 0.25) is 0 Å². The summed E-state index contributed by atoms with van der Waals surface area (Å²) in [6.45, 7) is 2.86. The zero-order chi connectivity index (χ0) is 12.5. The topological polar surface area (TPSA) is 41.3 Å². The molecule has 1 aromatic heterocycles. The number of aromatic nitrogens is 1. The summed E-state index contributed by atoms with van der Waals surface area (Å²) in [6.07, 6.45) is 8.06. The Hall–Kier alpha value is -0.870. The van der Waals surface area contributed by atoms with Gasteiger partial charge < -0.3 is 14.6 Å². The minimum absolute atomic E-state index is 0.635. The van der Waals surface area contributed by atoms with E-state index in [2.05, 4.69) is 29.2 Å². The first-order valence-electron chi connectivity index (χ1n) is 7.15. The second-order valence-electron chi connectivity index (χ2n) is 5.67. The van der Waals surface area contributed by atoms with E-state index in [1.54, 1.807) is 0 Å². The van der Waals surface area contributed by atoms with Gasteiger partial charge in [0.05, 0.1) is 12.7 Å². The van der Waals surface area contributed by atoms with Gasteiger partial charge in [-0.3, -0.25) is 0 Å². The summed E-state index contributed by atoms with van der Waals surface area (Å²) in [7, 11) is 2.28. The molecule has 0 aromatic carbocycles. The highest BCUT2D eigenvalue weighted by Crippen LogP contribution is 2.34. The van der Waals surface area contributed by atoms with Gasteiger partial charge in [0.15, 0.2) is 0 Å². The molecule has 2 unspecified atom stereocenters. The third-order valence-electron chi connectivity index (χ3n) is 4.59. The van der Waals surface area contributed by atoms with Crippen LogP contribution < -0.4 is 5.32 Å². The molecule has 2 fully saturated rings. The molecule has 2 aliphatic heterocycles. The molecule has 2 atom stereocenters. The van der Waals surface area contributed by atoms with E-state index in [0.717, 1.165) is 36.7 Å². The van der Waals surface area contributed by atoms with E-state index in [1.807, 2.05) is 6.20 Å². The predicted octanol–water partition coefficient (Wildman–Crippen LogP) is 1.95. The van der Waals surface area contributed by atoms with Crippen LogP contribution in [0.15, 0.2) is 10.6 Å². The Morgan fingerprint density at radius 3 is 2.72 bits per heavy atom. The minimum Gasteiger partial charge on any atom is -0.444 e. The van der Waals surface area contributed by atoms with Crippen molar-refractivity contribution in [1.82, 2.24) is 15.2 Å². The van der Waals surface area contributed by atoms with Crippen molar-refractivity contribution in [3.63, 3.8) is 0 Å². The summed E-state index contributed by atoms with van der Waals surface area (Å²) in [5.74, 6) is 1.81. The van der Waals surface area contributed by atoms with E-state index in [9.17, 15) is 0 Å². The van der Waals surface area contributed by atoms with Crippen LogP contribution in [0.5, 0.6) is 0 Å². The van der Waals surface area contributed by atoms with Crippen LogP contribution in [0.1, 0.15) is 44.3 Å². The van der Waals surface area contributed by atoms with Crippen LogP contribution in [0.4, 0.5) is 0 Å². The molecule has 100 valence electrons. The summed E-state index contributed by atoms with van der Waals surface area (Å²) in [5, 5.41) is 3.61. The number of oxazole rings is 1.